The second kappa shape index (κ2) is 6.75. The lowest BCUT2D eigenvalue weighted by Crippen LogP contribution is -1.91. The number of pyridine rings is 3. The van der Waals surface area contributed by atoms with Gasteiger partial charge in [0.05, 0.1) is 22.4 Å². The fraction of sp³-hybridized carbons (Fsp3) is 0. The van der Waals surface area contributed by atoms with Gasteiger partial charge in [-0.05, 0) is 35.0 Å². The van der Waals surface area contributed by atoms with Crippen molar-refractivity contribution >= 4 is 32.6 Å². The molecule has 0 amide bonds. The Hall–Kier alpha value is -4.11. The number of hydrogen-bond donors (Lipinski definition) is 0. The van der Waals surface area contributed by atoms with Gasteiger partial charge in [-0.25, -0.2) is 4.98 Å². The summed E-state index contributed by atoms with van der Waals surface area (Å²) in [6.45, 7) is 0. The first kappa shape index (κ1) is 16.8. The summed E-state index contributed by atoms with van der Waals surface area (Å²) in [6, 6.07) is 31.2. The molecular weight excluding hydrogens is 366 g/mol. The van der Waals surface area contributed by atoms with Crippen LogP contribution in [-0.4, -0.2) is 15.0 Å². The topological polar surface area (TPSA) is 38.7 Å². The van der Waals surface area contributed by atoms with Crippen LogP contribution in [0.2, 0.25) is 0 Å². The summed E-state index contributed by atoms with van der Waals surface area (Å²) in [6.07, 6.45) is 3.66. The summed E-state index contributed by atoms with van der Waals surface area (Å²) in [5.74, 6) is 0. The number of hydrogen-bond acceptors (Lipinski definition) is 3. The summed E-state index contributed by atoms with van der Waals surface area (Å²) in [5, 5.41) is 4.54. The summed E-state index contributed by atoms with van der Waals surface area (Å²) in [7, 11) is 0. The smallest absolute Gasteiger partial charge is 0.0972 e. The summed E-state index contributed by atoms with van der Waals surface area (Å²) < 4.78 is 0. The fourth-order valence-electron chi connectivity index (χ4n) is 4.14. The van der Waals surface area contributed by atoms with Gasteiger partial charge in [-0.1, -0.05) is 66.7 Å². The maximum absolute atomic E-state index is 5.05. The van der Waals surface area contributed by atoms with Gasteiger partial charge in [0.25, 0.3) is 0 Å². The van der Waals surface area contributed by atoms with E-state index in [0.717, 1.165) is 44.3 Å². The maximum Gasteiger partial charge on any atom is 0.0972 e. The molecule has 0 unspecified atom stereocenters. The van der Waals surface area contributed by atoms with Crippen molar-refractivity contribution in [3.8, 4) is 22.5 Å². The normalized spacial score (nSPS) is 11.3. The molecule has 0 radical (unpaired) electrons. The zero-order valence-electron chi connectivity index (χ0n) is 16.2. The second-order valence-corrected chi connectivity index (χ2v) is 7.33. The largest absolute Gasteiger partial charge is 0.256 e. The lowest BCUT2D eigenvalue weighted by Gasteiger charge is -2.12. The third-order valence-corrected chi connectivity index (χ3v) is 5.57. The van der Waals surface area contributed by atoms with Crippen LogP contribution in [-0.2, 0) is 0 Å². The van der Waals surface area contributed by atoms with Crippen LogP contribution < -0.4 is 0 Å². The second-order valence-electron chi connectivity index (χ2n) is 7.33. The van der Waals surface area contributed by atoms with Gasteiger partial charge in [0, 0.05) is 34.3 Å². The van der Waals surface area contributed by atoms with Crippen LogP contribution in [0.5, 0.6) is 0 Å². The van der Waals surface area contributed by atoms with E-state index in [1.54, 1.807) is 0 Å². The highest BCUT2D eigenvalue weighted by Crippen LogP contribution is 2.35. The third-order valence-electron chi connectivity index (χ3n) is 5.57. The Labute approximate surface area is 173 Å². The molecule has 3 aromatic heterocycles. The van der Waals surface area contributed by atoms with E-state index in [-0.39, 0.29) is 0 Å². The molecule has 3 aromatic carbocycles. The SMILES string of the molecule is c1ccc(-c2ccc(-c3ccc4ccc5cccnc5c4n3)c3ccccc23)nc1. The van der Waals surface area contributed by atoms with Crippen LogP contribution in [0.25, 0.3) is 55.1 Å². The fourth-order valence-corrected chi connectivity index (χ4v) is 4.14. The molecule has 0 aliphatic heterocycles. The highest BCUT2D eigenvalue weighted by atomic mass is 14.8. The standard InChI is InChI=1S/C27H17N3/c1-2-8-21-20(7-1)22(24-9-3-4-16-28-24)13-14-23(21)25-15-12-19-11-10-18-6-5-17-29-26(18)27(19)30-25/h1-17H. The van der Waals surface area contributed by atoms with Crippen LogP contribution in [0.15, 0.2) is 103 Å². The Kier molecular flexibility index (Phi) is 3.78. The van der Waals surface area contributed by atoms with E-state index < -0.39 is 0 Å². The van der Waals surface area contributed by atoms with Crippen LogP contribution in [0.1, 0.15) is 0 Å². The molecule has 0 fully saturated rings. The Morgan fingerprint density at radius 3 is 1.87 bits per heavy atom. The van der Waals surface area contributed by atoms with E-state index in [9.17, 15) is 0 Å². The van der Waals surface area contributed by atoms with Crippen LogP contribution >= 0.6 is 0 Å². The zero-order valence-corrected chi connectivity index (χ0v) is 16.2. The molecular formula is C27H17N3. The van der Waals surface area contributed by atoms with Crippen molar-refractivity contribution in [2.75, 3.05) is 0 Å². The number of fused-ring (bicyclic) bond motifs is 4. The van der Waals surface area contributed by atoms with Crippen molar-refractivity contribution in [2.45, 2.75) is 0 Å². The molecule has 3 heteroatoms. The van der Waals surface area contributed by atoms with E-state index in [0.29, 0.717) is 0 Å². The molecule has 6 aromatic rings. The molecule has 0 N–H and O–H groups in total. The zero-order chi connectivity index (χ0) is 19.9. The highest BCUT2D eigenvalue weighted by Gasteiger charge is 2.12. The Morgan fingerprint density at radius 2 is 1.10 bits per heavy atom. The number of rotatable bonds is 2. The van der Waals surface area contributed by atoms with Crippen molar-refractivity contribution in [1.82, 2.24) is 15.0 Å². The average molecular weight is 383 g/mol. The molecule has 0 saturated carbocycles. The van der Waals surface area contributed by atoms with Gasteiger partial charge in [0.15, 0.2) is 0 Å². The van der Waals surface area contributed by atoms with Crippen molar-refractivity contribution < 1.29 is 0 Å². The lowest BCUT2D eigenvalue weighted by atomic mass is 9.95. The molecule has 0 spiro atoms. The third kappa shape index (κ3) is 2.64. The monoisotopic (exact) mass is 383 g/mol. The minimum absolute atomic E-state index is 0.934. The van der Waals surface area contributed by atoms with Crippen molar-refractivity contribution in [2.24, 2.45) is 0 Å². The predicted molar refractivity (Wildman–Crippen MR) is 123 cm³/mol. The first-order valence-electron chi connectivity index (χ1n) is 9.96. The quantitative estimate of drug-likeness (QED) is 0.314. The molecule has 0 saturated heterocycles. The van der Waals surface area contributed by atoms with E-state index in [1.165, 1.54) is 10.8 Å². The van der Waals surface area contributed by atoms with Gasteiger partial charge in [-0.15, -0.1) is 0 Å². The maximum atomic E-state index is 5.05. The lowest BCUT2D eigenvalue weighted by molar-refractivity contribution is 1.33. The molecule has 6 rings (SSSR count). The van der Waals surface area contributed by atoms with Gasteiger partial charge < -0.3 is 0 Å². The van der Waals surface area contributed by atoms with Gasteiger partial charge in [0.2, 0.25) is 0 Å². The van der Waals surface area contributed by atoms with E-state index >= 15 is 0 Å². The van der Waals surface area contributed by atoms with E-state index in [4.69, 9.17) is 4.98 Å². The number of benzene rings is 3. The van der Waals surface area contributed by atoms with E-state index in [1.807, 2.05) is 36.7 Å². The molecule has 140 valence electrons. The predicted octanol–water partition coefficient (Wildman–Crippen LogP) is 6.67. The molecule has 0 aliphatic rings. The van der Waals surface area contributed by atoms with Gasteiger partial charge >= 0.3 is 0 Å². The molecule has 0 atom stereocenters. The minimum atomic E-state index is 0.934. The minimum Gasteiger partial charge on any atom is -0.256 e. The van der Waals surface area contributed by atoms with Gasteiger partial charge in [-0.2, -0.15) is 0 Å². The Bertz CT molecular complexity index is 1540. The Morgan fingerprint density at radius 1 is 0.433 bits per heavy atom. The number of nitrogens with zero attached hydrogens (tertiary/aromatic N) is 3. The molecule has 0 bridgehead atoms. The average Bonchev–Trinajstić information content (AvgIpc) is 2.83. The van der Waals surface area contributed by atoms with Crippen molar-refractivity contribution in [3.05, 3.63) is 103 Å². The summed E-state index contributed by atoms with van der Waals surface area (Å²) in [4.78, 5) is 14.2. The first-order chi connectivity index (χ1) is 14.9. The molecule has 30 heavy (non-hydrogen) atoms. The van der Waals surface area contributed by atoms with E-state index in [2.05, 4.69) is 76.7 Å². The van der Waals surface area contributed by atoms with Crippen LogP contribution in [0, 0.1) is 0 Å². The number of aromatic nitrogens is 3. The summed E-state index contributed by atoms with van der Waals surface area (Å²) in [5.41, 5.74) is 6.03. The molecule has 3 heterocycles. The van der Waals surface area contributed by atoms with Crippen molar-refractivity contribution in [3.63, 3.8) is 0 Å². The van der Waals surface area contributed by atoms with Gasteiger partial charge in [0.1, 0.15) is 0 Å². The Balaban J connectivity index is 1.62. The van der Waals surface area contributed by atoms with Crippen LogP contribution in [0.4, 0.5) is 0 Å². The molecule has 0 aliphatic carbocycles. The van der Waals surface area contributed by atoms with Crippen molar-refractivity contribution in [1.29, 1.82) is 0 Å². The first-order valence-corrected chi connectivity index (χ1v) is 9.96. The summed E-state index contributed by atoms with van der Waals surface area (Å²) >= 11 is 0. The highest BCUT2D eigenvalue weighted by molar-refractivity contribution is 6.06. The van der Waals surface area contributed by atoms with Crippen LogP contribution in [0.3, 0.4) is 0 Å². The molecule has 3 nitrogen and oxygen atoms in total. The van der Waals surface area contributed by atoms with Gasteiger partial charge in [-0.3, -0.25) is 9.97 Å².